The van der Waals surface area contributed by atoms with E-state index in [1.54, 1.807) is 0 Å². The molecule has 0 radical (unpaired) electrons. The molecule has 0 aromatic rings. The quantitative estimate of drug-likeness (QED) is 0.759. The van der Waals surface area contributed by atoms with Crippen molar-refractivity contribution < 1.29 is 9.84 Å². The van der Waals surface area contributed by atoms with E-state index in [1.807, 2.05) is 6.92 Å². The molecule has 1 atom stereocenters. The topological polar surface area (TPSA) is 29.5 Å². The summed E-state index contributed by atoms with van der Waals surface area (Å²) in [6, 6.07) is 0. The number of aliphatic hydroxyl groups excluding tert-OH is 1. The molecule has 0 saturated carbocycles. The van der Waals surface area contributed by atoms with Crippen molar-refractivity contribution in [3.05, 3.63) is 0 Å². The molecule has 0 saturated heterocycles. The molecule has 0 amide bonds. The first kappa shape index (κ1) is 18.2. The SMILES string of the molecule is C#CC#CC#CC#CC#CC#CC#CC#COC(CC)CO. The van der Waals surface area contributed by atoms with Gasteiger partial charge >= 0.3 is 0 Å². The van der Waals surface area contributed by atoms with E-state index in [-0.39, 0.29) is 12.7 Å². The van der Waals surface area contributed by atoms with Crippen LogP contribution in [0.5, 0.6) is 0 Å². The zero-order valence-electron chi connectivity index (χ0n) is 11.9. The van der Waals surface area contributed by atoms with Crippen molar-refractivity contribution in [1.29, 1.82) is 0 Å². The Morgan fingerprint density at radius 3 is 1.55 bits per heavy atom. The maximum absolute atomic E-state index is 8.84. The minimum atomic E-state index is -0.287. The molecule has 22 heavy (non-hydrogen) atoms. The fourth-order valence-corrected chi connectivity index (χ4v) is 0.768. The van der Waals surface area contributed by atoms with Crippen LogP contribution in [-0.2, 0) is 4.74 Å². The maximum Gasteiger partial charge on any atom is 0.133 e. The Morgan fingerprint density at radius 1 is 0.773 bits per heavy atom. The third kappa shape index (κ3) is 12.7. The zero-order valence-corrected chi connectivity index (χ0v) is 11.9. The Bertz CT molecular complexity index is 831. The van der Waals surface area contributed by atoms with Gasteiger partial charge in [-0.3, -0.25) is 0 Å². The number of ether oxygens (including phenoxy) is 1. The maximum atomic E-state index is 8.84. The molecule has 0 aliphatic rings. The van der Waals surface area contributed by atoms with Crippen LogP contribution in [-0.4, -0.2) is 17.8 Å². The van der Waals surface area contributed by atoms with Crippen LogP contribution >= 0.6 is 0 Å². The van der Waals surface area contributed by atoms with Crippen LogP contribution in [0, 0.1) is 95.4 Å². The molecule has 102 valence electrons. The van der Waals surface area contributed by atoms with Gasteiger partial charge in [-0.1, -0.05) is 6.92 Å². The normalized spacial score (nSPS) is 6.95. The molecule has 0 aromatic heterocycles. The van der Waals surface area contributed by atoms with Gasteiger partial charge in [0.15, 0.2) is 0 Å². The third-order valence-electron chi connectivity index (χ3n) is 1.76. The lowest BCUT2D eigenvalue weighted by molar-refractivity contribution is 0.0891. The Labute approximate surface area is 132 Å². The van der Waals surface area contributed by atoms with Gasteiger partial charge in [0.05, 0.1) is 6.61 Å². The summed E-state index contributed by atoms with van der Waals surface area (Å²) < 4.78 is 5.01. The second-order valence-corrected chi connectivity index (χ2v) is 3.20. The van der Waals surface area contributed by atoms with E-state index >= 15 is 0 Å². The van der Waals surface area contributed by atoms with Crippen LogP contribution in [0.1, 0.15) is 13.3 Å². The van der Waals surface area contributed by atoms with Crippen molar-refractivity contribution in [1.82, 2.24) is 0 Å². The van der Waals surface area contributed by atoms with Crippen LogP contribution in [0.4, 0.5) is 0 Å². The Balaban J connectivity index is 4.26. The lowest BCUT2D eigenvalue weighted by Gasteiger charge is -2.06. The van der Waals surface area contributed by atoms with Crippen molar-refractivity contribution >= 4 is 0 Å². The average molecular weight is 282 g/mol. The summed E-state index contributed by atoms with van der Waals surface area (Å²) in [5.41, 5.74) is 0. The monoisotopic (exact) mass is 282 g/mol. The minimum absolute atomic E-state index is 0.0735. The third-order valence-corrected chi connectivity index (χ3v) is 1.76. The van der Waals surface area contributed by atoms with Crippen molar-refractivity contribution in [3.8, 4) is 95.4 Å². The molecule has 2 heteroatoms. The molecule has 1 unspecified atom stereocenters. The summed E-state index contributed by atoms with van der Waals surface area (Å²) >= 11 is 0. The number of terminal acetylenes is 1. The molecule has 1 N–H and O–H groups in total. The second kappa shape index (κ2) is 15.3. The summed E-state index contributed by atoms with van der Waals surface area (Å²) in [6.07, 6.45) is 7.67. The van der Waals surface area contributed by atoms with Gasteiger partial charge < -0.3 is 9.84 Å². The van der Waals surface area contributed by atoms with E-state index < -0.39 is 0 Å². The molecule has 0 fully saturated rings. The Hall–Kier alpha value is -3.76. The van der Waals surface area contributed by atoms with E-state index in [0.717, 1.165) is 0 Å². The number of hydrogen-bond donors (Lipinski definition) is 1. The average Bonchev–Trinajstić information content (AvgIpc) is 2.55. The van der Waals surface area contributed by atoms with Gasteiger partial charge in [0, 0.05) is 41.4 Å². The zero-order chi connectivity index (χ0) is 16.3. The van der Waals surface area contributed by atoms with Crippen molar-refractivity contribution in [2.75, 3.05) is 6.61 Å². The Morgan fingerprint density at radius 2 is 1.18 bits per heavy atom. The molecular weight excluding hydrogens is 272 g/mol. The first-order valence-electron chi connectivity index (χ1n) is 6.07. The standard InChI is InChI=1S/C20H10O2/c1-3-5-6-7-8-9-10-11-12-13-14-15-16-17-18-22-20(4-2)19-21/h1,20-21H,4,19H2,2H3. The lowest BCUT2D eigenvalue weighted by atomic mass is 10.3. The van der Waals surface area contributed by atoms with Gasteiger partial charge in [0.25, 0.3) is 0 Å². The first-order valence-corrected chi connectivity index (χ1v) is 6.07. The highest BCUT2D eigenvalue weighted by atomic mass is 16.5. The van der Waals surface area contributed by atoms with Crippen molar-refractivity contribution in [3.63, 3.8) is 0 Å². The highest BCUT2D eigenvalue weighted by molar-refractivity contribution is 5.45. The molecule has 0 aliphatic heterocycles. The van der Waals surface area contributed by atoms with Gasteiger partial charge in [0.1, 0.15) is 12.2 Å². The molecular formula is C20H10O2. The summed E-state index contributed by atoms with van der Waals surface area (Å²) in [4.78, 5) is 0. The molecule has 2 nitrogen and oxygen atoms in total. The summed E-state index contributed by atoms with van der Waals surface area (Å²) in [5.74, 6) is 34.0. The van der Waals surface area contributed by atoms with Crippen LogP contribution in [0.15, 0.2) is 0 Å². The smallest absolute Gasteiger partial charge is 0.133 e. The fourth-order valence-electron chi connectivity index (χ4n) is 0.768. The van der Waals surface area contributed by atoms with Crippen LogP contribution in [0.2, 0.25) is 0 Å². The van der Waals surface area contributed by atoms with Crippen LogP contribution < -0.4 is 0 Å². The molecule has 0 spiro atoms. The van der Waals surface area contributed by atoms with Gasteiger partial charge in [-0.2, -0.15) is 0 Å². The summed E-state index contributed by atoms with van der Waals surface area (Å²) in [5, 5.41) is 8.84. The highest BCUT2D eigenvalue weighted by Crippen LogP contribution is 1.93. The number of hydrogen-bond acceptors (Lipinski definition) is 2. The van der Waals surface area contributed by atoms with Crippen molar-refractivity contribution in [2.24, 2.45) is 0 Å². The summed E-state index contributed by atoms with van der Waals surface area (Å²) in [6.45, 7) is 1.81. The number of rotatable bonds is 3. The van der Waals surface area contributed by atoms with Crippen molar-refractivity contribution in [2.45, 2.75) is 19.4 Å². The minimum Gasteiger partial charge on any atom is -0.440 e. The fraction of sp³-hybridized carbons (Fsp3) is 0.200. The second-order valence-electron chi connectivity index (χ2n) is 3.20. The van der Waals surface area contributed by atoms with Gasteiger partial charge in [0.2, 0.25) is 0 Å². The molecule has 0 aliphatic carbocycles. The molecule has 0 rings (SSSR count). The lowest BCUT2D eigenvalue weighted by Crippen LogP contribution is -2.13. The largest absolute Gasteiger partial charge is 0.440 e. The molecule has 0 aromatic carbocycles. The predicted molar refractivity (Wildman–Crippen MR) is 85.5 cm³/mol. The van der Waals surface area contributed by atoms with E-state index in [2.05, 4.69) is 89.0 Å². The van der Waals surface area contributed by atoms with Crippen LogP contribution in [0.25, 0.3) is 0 Å². The van der Waals surface area contributed by atoms with E-state index in [0.29, 0.717) is 6.42 Å². The first-order chi connectivity index (χ1) is 10.8. The molecule has 0 bridgehead atoms. The Kier molecular flexibility index (Phi) is 12.7. The van der Waals surface area contributed by atoms with E-state index in [9.17, 15) is 0 Å². The predicted octanol–water partition coefficient (Wildman–Crippen LogP) is 0.388. The van der Waals surface area contributed by atoms with Gasteiger partial charge in [-0.15, -0.1) is 6.42 Å². The van der Waals surface area contributed by atoms with Gasteiger partial charge in [-0.05, 0) is 47.9 Å². The molecule has 0 heterocycles. The highest BCUT2D eigenvalue weighted by Gasteiger charge is 2.00. The summed E-state index contributed by atoms with van der Waals surface area (Å²) in [7, 11) is 0. The van der Waals surface area contributed by atoms with Gasteiger partial charge in [-0.25, -0.2) is 0 Å². The van der Waals surface area contributed by atoms with E-state index in [1.165, 1.54) is 0 Å². The van der Waals surface area contributed by atoms with Crippen LogP contribution in [0.3, 0.4) is 0 Å². The van der Waals surface area contributed by atoms with E-state index in [4.69, 9.17) is 16.3 Å². The number of aliphatic hydroxyl groups is 1.